The summed E-state index contributed by atoms with van der Waals surface area (Å²) in [6, 6.07) is 33.8. The molecule has 0 spiro atoms. The lowest BCUT2D eigenvalue weighted by molar-refractivity contribution is 0.108. The Morgan fingerprint density at radius 2 is 1.27 bits per heavy atom. The molecule has 214 valence electrons. The van der Waals surface area contributed by atoms with Gasteiger partial charge < -0.3 is 15.8 Å². The molecule has 4 rings (SSSR count). The first-order chi connectivity index (χ1) is 19.8. The zero-order valence-corrected chi connectivity index (χ0v) is 23.9. The van der Waals surface area contributed by atoms with Crippen molar-refractivity contribution >= 4 is 16.2 Å². The van der Waals surface area contributed by atoms with Gasteiger partial charge in [-0.3, -0.25) is 4.18 Å². The van der Waals surface area contributed by atoms with Crippen LogP contribution in [0.1, 0.15) is 28.7 Å². The summed E-state index contributed by atoms with van der Waals surface area (Å²) in [5.41, 5.74) is 10.2. The third-order valence-electron chi connectivity index (χ3n) is 6.70. The van der Waals surface area contributed by atoms with Crippen molar-refractivity contribution < 1.29 is 22.1 Å². The third-order valence-corrected chi connectivity index (χ3v) is 8.05. The van der Waals surface area contributed by atoms with E-state index in [1.165, 1.54) is 12.1 Å². The van der Waals surface area contributed by atoms with Gasteiger partial charge in [-0.15, -0.1) is 0 Å². The lowest BCUT2D eigenvalue weighted by atomic mass is 9.94. The average Bonchev–Trinajstić information content (AvgIpc) is 2.97. The van der Waals surface area contributed by atoms with Gasteiger partial charge in [0.15, 0.2) is 0 Å². The van der Waals surface area contributed by atoms with Crippen LogP contribution in [0, 0.1) is 6.92 Å². The molecule has 0 aromatic heterocycles. The molecule has 0 fully saturated rings. The highest BCUT2D eigenvalue weighted by molar-refractivity contribution is 7.86. The molecule has 0 bridgehead atoms. The summed E-state index contributed by atoms with van der Waals surface area (Å²) in [4.78, 5) is 13.0. The first-order valence-electron chi connectivity index (χ1n) is 13.6. The number of aryl methyl sites for hydroxylation is 1. The molecule has 0 unspecified atom stereocenters. The van der Waals surface area contributed by atoms with Crippen molar-refractivity contribution in [3.05, 3.63) is 138 Å². The van der Waals surface area contributed by atoms with E-state index >= 15 is 0 Å². The fourth-order valence-electron chi connectivity index (χ4n) is 4.55. The second kappa shape index (κ2) is 14.6. The molecule has 3 N–H and O–H groups in total. The standard InChI is InChI=1S/C33H36N2O5S/c1-25-17-19-30(20-18-25)41(37,38)40-32(23-29(34)21-26-11-5-2-6-12-26)31(22-27-13-7-3-8-14-27)35-33(36)39-24-28-15-9-4-10-16-28/h2-20,29,31-32H,21-24,34H2,1H3,(H,35,36)/t29-,31-,32-/m0/s1. The summed E-state index contributed by atoms with van der Waals surface area (Å²) in [5.74, 6) is 0. The smallest absolute Gasteiger partial charge is 0.407 e. The Bertz CT molecular complexity index is 1460. The quantitative estimate of drug-likeness (QED) is 0.203. The van der Waals surface area contributed by atoms with Crippen LogP contribution in [-0.2, 0) is 38.5 Å². The molecule has 0 heterocycles. The van der Waals surface area contributed by atoms with Crippen LogP contribution in [-0.4, -0.2) is 32.7 Å². The highest BCUT2D eigenvalue weighted by Crippen LogP contribution is 2.22. The van der Waals surface area contributed by atoms with Crippen molar-refractivity contribution in [2.45, 2.75) is 55.9 Å². The van der Waals surface area contributed by atoms with E-state index in [1.807, 2.05) is 97.9 Å². The Kier molecular flexibility index (Phi) is 10.7. The monoisotopic (exact) mass is 572 g/mol. The van der Waals surface area contributed by atoms with Gasteiger partial charge in [0.25, 0.3) is 10.1 Å². The number of nitrogens with two attached hydrogens (primary N) is 1. The van der Waals surface area contributed by atoms with Gasteiger partial charge in [0.1, 0.15) is 6.61 Å². The van der Waals surface area contributed by atoms with Crippen LogP contribution in [0.3, 0.4) is 0 Å². The van der Waals surface area contributed by atoms with Crippen LogP contribution < -0.4 is 11.1 Å². The van der Waals surface area contributed by atoms with E-state index in [1.54, 1.807) is 12.1 Å². The summed E-state index contributed by atoms with van der Waals surface area (Å²) >= 11 is 0. The van der Waals surface area contributed by atoms with Crippen LogP contribution in [0.5, 0.6) is 0 Å². The molecule has 7 nitrogen and oxygen atoms in total. The summed E-state index contributed by atoms with van der Waals surface area (Å²) in [5, 5.41) is 2.88. The Morgan fingerprint density at radius 1 is 0.756 bits per heavy atom. The first kappa shape index (κ1) is 30.0. The summed E-state index contributed by atoms with van der Waals surface area (Å²) in [6.07, 6.45) is -0.636. The maximum absolute atomic E-state index is 13.4. The van der Waals surface area contributed by atoms with Crippen molar-refractivity contribution in [2.75, 3.05) is 0 Å². The second-order valence-electron chi connectivity index (χ2n) is 10.1. The molecule has 4 aromatic rings. The maximum atomic E-state index is 13.4. The minimum Gasteiger partial charge on any atom is -0.445 e. The zero-order chi connectivity index (χ0) is 29.1. The zero-order valence-electron chi connectivity index (χ0n) is 23.1. The molecule has 41 heavy (non-hydrogen) atoms. The Morgan fingerprint density at radius 3 is 1.83 bits per heavy atom. The molecular weight excluding hydrogens is 536 g/mol. The van der Waals surface area contributed by atoms with Gasteiger partial charge in [-0.1, -0.05) is 109 Å². The Balaban J connectivity index is 1.60. The van der Waals surface area contributed by atoms with E-state index in [0.29, 0.717) is 12.8 Å². The number of alkyl carbamates (subject to hydrolysis) is 1. The number of carbonyl (C=O) groups is 1. The van der Waals surface area contributed by atoms with E-state index in [0.717, 1.165) is 22.3 Å². The molecule has 4 aromatic carbocycles. The molecule has 0 radical (unpaired) electrons. The van der Waals surface area contributed by atoms with Crippen molar-refractivity contribution in [1.82, 2.24) is 5.32 Å². The fourth-order valence-corrected chi connectivity index (χ4v) is 5.67. The van der Waals surface area contributed by atoms with Crippen molar-refractivity contribution in [2.24, 2.45) is 5.73 Å². The number of hydrogen-bond donors (Lipinski definition) is 2. The number of hydrogen-bond acceptors (Lipinski definition) is 6. The van der Waals surface area contributed by atoms with Gasteiger partial charge >= 0.3 is 6.09 Å². The minimum absolute atomic E-state index is 0.0369. The van der Waals surface area contributed by atoms with Gasteiger partial charge in [-0.05, 0) is 55.0 Å². The predicted octanol–water partition coefficient (Wildman–Crippen LogP) is 5.57. The minimum atomic E-state index is -4.17. The molecule has 0 aliphatic carbocycles. The van der Waals surface area contributed by atoms with Gasteiger partial charge in [0, 0.05) is 6.04 Å². The topological polar surface area (TPSA) is 108 Å². The van der Waals surface area contributed by atoms with E-state index < -0.39 is 34.4 Å². The Labute approximate surface area is 242 Å². The molecule has 3 atom stereocenters. The third kappa shape index (κ3) is 9.56. The lowest BCUT2D eigenvalue weighted by Crippen LogP contribution is -2.49. The molecule has 1 amide bonds. The molecule has 0 saturated carbocycles. The number of ether oxygens (including phenoxy) is 1. The number of amides is 1. The number of rotatable bonds is 13. The fraction of sp³-hybridized carbons (Fsp3) is 0.242. The van der Waals surface area contributed by atoms with Gasteiger partial charge in [0.05, 0.1) is 17.0 Å². The second-order valence-corrected chi connectivity index (χ2v) is 11.7. The van der Waals surface area contributed by atoms with Crippen molar-refractivity contribution in [3.8, 4) is 0 Å². The van der Waals surface area contributed by atoms with E-state index in [4.69, 9.17) is 14.7 Å². The summed E-state index contributed by atoms with van der Waals surface area (Å²) < 4.78 is 38.3. The highest BCUT2D eigenvalue weighted by Gasteiger charge is 2.32. The molecule has 0 aliphatic rings. The van der Waals surface area contributed by atoms with Gasteiger partial charge in [0.2, 0.25) is 0 Å². The van der Waals surface area contributed by atoms with E-state index in [-0.39, 0.29) is 17.9 Å². The van der Waals surface area contributed by atoms with Gasteiger partial charge in [-0.25, -0.2) is 4.79 Å². The molecular formula is C33H36N2O5S. The Hall–Kier alpha value is -3.98. The van der Waals surface area contributed by atoms with Crippen LogP contribution in [0.2, 0.25) is 0 Å². The van der Waals surface area contributed by atoms with Crippen LogP contribution >= 0.6 is 0 Å². The lowest BCUT2D eigenvalue weighted by Gasteiger charge is -2.29. The number of benzene rings is 4. The predicted molar refractivity (Wildman–Crippen MR) is 160 cm³/mol. The first-order valence-corrected chi connectivity index (χ1v) is 15.0. The van der Waals surface area contributed by atoms with Crippen LogP contribution in [0.25, 0.3) is 0 Å². The molecule has 0 aliphatic heterocycles. The van der Waals surface area contributed by atoms with Crippen LogP contribution in [0.15, 0.2) is 120 Å². The van der Waals surface area contributed by atoms with E-state index in [9.17, 15) is 13.2 Å². The van der Waals surface area contributed by atoms with Gasteiger partial charge in [-0.2, -0.15) is 8.42 Å². The number of carbonyl (C=O) groups excluding carboxylic acids is 1. The summed E-state index contributed by atoms with van der Waals surface area (Å²) in [6.45, 7) is 1.95. The SMILES string of the molecule is Cc1ccc(S(=O)(=O)O[C@@H](C[C@@H](N)Cc2ccccc2)[C@H](Cc2ccccc2)NC(=O)OCc2ccccc2)cc1. The summed E-state index contributed by atoms with van der Waals surface area (Å²) in [7, 11) is -4.17. The van der Waals surface area contributed by atoms with Crippen molar-refractivity contribution in [3.63, 3.8) is 0 Å². The largest absolute Gasteiger partial charge is 0.445 e. The van der Waals surface area contributed by atoms with Crippen LogP contribution in [0.4, 0.5) is 4.79 Å². The normalized spacial score (nSPS) is 13.6. The van der Waals surface area contributed by atoms with Crippen molar-refractivity contribution in [1.29, 1.82) is 0 Å². The molecule has 0 saturated heterocycles. The molecule has 8 heteroatoms. The highest BCUT2D eigenvalue weighted by atomic mass is 32.2. The number of nitrogens with one attached hydrogen (secondary N) is 1. The van der Waals surface area contributed by atoms with E-state index in [2.05, 4.69) is 5.32 Å². The average molecular weight is 573 g/mol. The maximum Gasteiger partial charge on any atom is 0.407 e.